The van der Waals surface area contributed by atoms with E-state index in [1.165, 1.54) is 33.5 Å². The summed E-state index contributed by atoms with van der Waals surface area (Å²) >= 11 is 1.55. The molecule has 32 heavy (non-hydrogen) atoms. The largest absolute Gasteiger partial charge is 0.484 e. The fourth-order valence-electron chi connectivity index (χ4n) is 3.08. The van der Waals surface area contributed by atoms with E-state index in [0.717, 1.165) is 4.88 Å². The number of likely N-dealkylation sites (N-methyl/N-ethyl adjacent to an activating group) is 1. The number of amides is 2. The maximum absolute atomic E-state index is 12.7. The third-order valence-electron chi connectivity index (χ3n) is 4.90. The maximum atomic E-state index is 12.7. The van der Waals surface area contributed by atoms with E-state index in [1.807, 2.05) is 17.5 Å². The van der Waals surface area contributed by atoms with Gasteiger partial charge in [0.05, 0.1) is 31.2 Å². The van der Waals surface area contributed by atoms with E-state index < -0.39 is 10.0 Å². The standard InChI is InChI=1S/C21H27N3O6S2/c1-2-23(15-20(25)22-14-18-4-3-13-31-18)21(26)16-30-17-5-7-19(8-6-17)32(27,28)24-9-11-29-12-10-24/h3-8,13H,2,9-12,14-16H2,1H3,(H,22,25). The van der Waals surface area contributed by atoms with Crippen LogP contribution in [0, 0.1) is 0 Å². The molecular formula is C21H27N3O6S2. The zero-order chi connectivity index (χ0) is 23.0. The average molecular weight is 482 g/mol. The number of carbonyl (C=O) groups excluding carboxylic acids is 2. The van der Waals surface area contributed by atoms with Gasteiger partial charge < -0.3 is 19.7 Å². The SMILES string of the molecule is CCN(CC(=O)NCc1cccs1)C(=O)COc1ccc(S(=O)(=O)N2CCOCC2)cc1. The number of benzene rings is 1. The third-order valence-corrected chi connectivity index (χ3v) is 7.69. The number of hydrogen-bond acceptors (Lipinski definition) is 7. The Bertz CT molecular complexity index is 987. The molecule has 9 nitrogen and oxygen atoms in total. The van der Waals surface area contributed by atoms with E-state index in [1.54, 1.807) is 18.3 Å². The molecule has 0 unspecified atom stereocenters. The van der Waals surface area contributed by atoms with Crippen molar-refractivity contribution >= 4 is 33.2 Å². The molecular weight excluding hydrogens is 454 g/mol. The molecule has 1 aliphatic heterocycles. The molecule has 11 heteroatoms. The van der Waals surface area contributed by atoms with Crippen molar-refractivity contribution in [3.8, 4) is 5.75 Å². The topological polar surface area (TPSA) is 105 Å². The van der Waals surface area contributed by atoms with Crippen LogP contribution in [-0.4, -0.2) is 75.4 Å². The normalized spacial score (nSPS) is 14.7. The maximum Gasteiger partial charge on any atom is 0.260 e. The van der Waals surface area contributed by atoms with Gasteiger partial charge in [0.25, 0.3) is 5.91 Å². The molecule has 2 aromatic rings. The number of thiophene rings is 1. The van der Waals surface area contributed by atoms with Gasteiger partial charge in [0.15, 0.2) is 6.61 Å². The number of hydrogen-bond donors (Lipinski definition) is 1. The Morgan fingerprint density at radius 2 is 1.91 bits per heavy atom. The number of ether oxygens (including phenoxy) is 2. The molecule has 1 saturated heterocycles. The minimum absolute atomic E-state index is 0.0548. The first-order valence-electron chi connectivity index (χ1n) is 10.3. The van der Waals surface area contributed by atoms with Crippen LogP contribution < -0.4 is 10.1 Å². The van der Waals surface area contributed by atoms with Crippen LogP contribution in [0.1, 0.15) is 11.8 Å². The lowest BCUT2D eigenvalue weighted by molar-refractivity contribution is -0.137. The van der Waals surface area contributed by atoms with Gasteiger partial charge in [-0.1, -0.05) is 6.07 Å². The molecule has 2 heterocycles. The van der Waals surface area contributed by atoms with Gasteiger partial charge in [-0.15, -0.1) is 11.3 Å². The number of rotatable bonds is 10. The summed E-state index contributed by atoms with van der Waals surface area (Å²) in [5.41, 5.74) is 0. The molecule has 1 aromatic heterocycles. The first kappa shape index (κ1) is 24.2. The van der Waals surface area contributed by atoms with Gasteiger partial charge >= 0.3 is 0 Å². The molecule has 3 rings (SSSR count). The van der Waals surface area contributed by atoms with Gasteiger partial charge in [-0.25, -0.2) is 8.42 Å². The van der Waals surface area contributed by atoms with Gasteiger partial charge in [-0.2, -0.15) is 4.31 Å². The smallest absolute Gasteiger partial charge is 0.260 e. The van der Waals surface area contributed by atoms with E-state index in [2.05, 4.69) is 5.32 Å². The highest BCUT2D eigenvalue weighted by molar-refractivity contribution is 7.89. The van der Waals surface area contributed by atoms with Crippen molar-refractivity contribution in [1.82, 2.24) is 14.5 Å². The van der Waals surface area contributed by atoms with Crippen LogP contribution in [0.4, 0.5) is 0 Å². The van der Waals surface area contributed by atoms with Gasteiger partial charge in [0.2, 0.25) is 15.9 Å². The van der Waals surface area contributed by atoms with Crippen LogP contribution in [0.2, 0.25) is 0 Å². The molecule has 0 spiro atoms. The lowest BCUT2D eigenvalue weighted by Gasteiger charge is -2.26. The summed E-state index contributed by atoms with van der Waals surface area (Å²) < 4.78 is 37.4. The van der Waals surface area contributed by atoms with Crippen LogP contribution in [-0.2, 0) is 30.9 Å². The van der Waals surface area contributed by atoms with Gasteiger partial charge in [0, 0.05) is 24.5 Å². The Morgan fingerprint density at radius 3 is 2.53 bits per heavy atom. The number of morpholine rings is 1. The van der Waals surface area contributed by atoms with Crippen molar-refractivity contribution < 1.29 is 27.5 Å². The summed E-state index contributed by atoms with van der Waals surface area (Å²) in [5, 5.41) is 4.73. The zero-order valence-electron chi connectivity index (χ0n) is 17.9. The van der Waals surface area contributed by atoms with Crippen LogP contribution in [0.5, 0.6) is 5.75 Å². The van der Waals surface area contributed by atoms with Crippen LogP contribution in [0.15, 0.2) is 46.7 Å². The predicted molar refractivity (Wildman–Crippen MR) is 120 cm³/mol. The zero-order valence-corrected chi connectivity index (χ0v) is 19.5. The van der Waals surface area contributed by atoms with Crippen LogP contribution in [0.25, 0.3) is 0 Å². The minimum Gasteiger partial charge on any atom is -0.484 e. The highest BCUT2D eigenvalue weighted by atomic mass is 32.2. The van der Waals surface area contributed by atoms with Crippen molar-refractivity contribution in [2.45, 2.75) is 18.4 Å². The number of nitrogens with one attached hydrogen (secondary N) is 1. The van der Waals surface area contributed by atoms with Crippen molar-refractivity contribution in [2.75, 3.05) is 46.0 Å². The summed E-state index contributed by atoms with van der Waals surface area (Å²) in [6.45, 7) is 3.68. The number of sulfonamides is 1. The molecule has 0 saturated carbocycles. The number of carbonyl (C=O) groups is 2. The monoisotopic (exact) mass is 481 g/mol. The second kappa shape index (κ2) is 11.4. The van der Waals surface area contributed by atoms with Crippen molar-refractivity contribution in [3.63, 3.8) is 0 Å². The summed E-state index contributed by atoms with van der Waals surface area (Å²) in [4.78, 5) is 27.2. The Balaban J connectivity index is 1.49. The lowest BCUT2D eigenvalue weighted by atomic mass is 10.3. The van der Waals surface area contributed by atoms with Crippen LogP contribution in [0.3, 0.4) is 0 Å². The van der Waals surface area contributed by atoms with Crippen molar-refractivity contribution in [2.24, 2.45) is 0 Å². The van der Waals surface area contributed by atoms with E-state index in [9.17, 15) is 18.0 Å². The van der Waals surface area contributed by atoms with Gasteiger partial charge in [0.1, 0.15) is 5.75 Å². The molecule has 1 aliphatic rings. The molecule has 1 N–H and O–H groups in total. The third kappa shape index (κ3) is 6.52. The summed E-state index contributed by atoms with van der Waals surface area (Å²) in [6, 6.07) is 9.80. The Kier molecular flexibility index (Phi) is 8.62. The van der Waals surface area contributed by atoms with E-state index in [4.69, 9.17) is 9.47 Å². The summed E-state index contributed by atoms with van der Waals surface area (Å²) in [6.07, 6.45) is 0. The highest BCUT2D eigenvalue weighted by Gasteiger charge is 2.26. The predicted octanol–water partition coefficient (Wildman–Crippen LogP) is 1.31. The molecule has 2 amide bonds. The lowest BCUT2D eigenvalue weighted by Crippen LogP contribution is -2.42. The highest BCUT2D eigenvalue weighted by Crippen LogP contribution is 2.20. The second-order valence-electron chi connectivity index (χ2n) is 7.04. The first-order valence-corrected chi connectivity index (χ1v) is 12.6. The average Bonchev–Trinajstić information content (AvgIpc) is 3.34. The molecule has 1 aromatic carbocycles. The molecule has 0 bridgehead atoms. The van der Waals surface area contributed by atoms with Gasteiger partial charge in [-0.05, 0) is 42.6 Å². The quantitative estimate of drug-likeness (QED) is 0.549. The van der Waals surface area contributed by atoms with E-state index in [0.29, 0.717) is 45.1 Å². The molecule has 1 fully saturated rings. The Labute approximate surface area is 192 Å². The molecule has 0 radical (unpaired) electrons. The van der Waals surface area contributed by atoms with E-state index >= 15 is 0 Å². The Hall–Kier alpha value is -2.47. The fourth-order valence-corrected chi connectivity index (χ4v) is 5.14. The summed E-state index contributed by atoms with van der Waals surface area (Å²) in [7, 11) is -3.58. The van der Waals surface area contributed by atoms with Crippen LogP contribution >= 0.6 is 11.3 Å². The van der Waals surface area contributed by atoms with Crippen molar-refractivity contribution in [1.29, 1.82) is 0 Å². The molecule has 174 valence electrons. The number of nitrogens with zero attached hydrogens (tertiary/aromatic N) is 2. The Morgan fingerprint density at radius 1 is 1.19 bits per heavy atom. The first-order chi connectivity index (χ1) is 15.4. The fraction of sp³-hybridized carbons (Fsp3) is 0.429. The molecule has 0 aliphatic carbocycles. The van der Waals surface area contributed by atoms with Crippen molar-refractivity contribution in [3.05, 3.63) is 46.7 Å². The summed E-state index contributed by atoms with van der Waals surface area (Å²) in [5.74, 6) is -0.201. The van der Waals surface area contributed by atoms with E-state index in [-0.39, 0.29) is 29.9 Å². The minimum atomic E-state index is -3.58. The van der Waals surface area contributed by atoms with Gasteiger partial charge in [-0.3, -0.25) is 9.59 Å². The molecule has 0 atom stereocenters. The second-order valence-corrected chi connectivity index (χ2v) is 10.0.